The second-order valence-electron chi connectivity index (χ2n) is 3.58. The van der Waals surface area contributed by atoms with Gasteiger partial charge in [0, 0.05) is 24.3 Å². The van der Waals surface area contributed by atoms with Gasteiger partial charge in [-0.25, -0.2) is 0 Å². The number of nitrogen functional groups attached to an aromatic ring is 1. The van der Waals surface area contributed by atoms with E-state index >= 15 is 0 Å². The molecule has 0 saturated heterocycles. The van der Waals surface area contributed by atoms with Crippen LogP contribution >= 0.6 is 0 Å². The van der Waals surface area contributed by atoms with Crippen molar-refractivity contribution in [2.45, 2.75) is 19.4 Å². The zero-order valence-corrected chi connectivity index (χ0v) is 9.14. The van der Waals surface area contributed by atoms with Crippen LogP contribution in [0.5, 0.6) is 0 Å². The molecule has 1 atom stereocenters. The van der Waals surface area contributed by atoms with Gasteiger partial charge in [0.15, 0.2) is 0 Å². The lowest BCUT2D eigenvalue weighted by Gasteiger charge is -2.11. The van der Waals surface area contributed by atoms with E-state index in [4.69, 9.17) is 11.5 Å². The number of nitrogens with two attached hydrogens (primary N) is 2. The first-order valence-corrected chi connectivity index (χ1v) is 5.08. The molecule has 0 aliphatic heterocycles. The number of anilines is 2. The standard InChI is InChI=1S/C10H16N4O2/c1-2-7(11)6-13-8-3-4-10(14(15)16)9(12)5-8/h3-5,7,13H,2,6,11-12H2,1H3. The number of hydrogen-bond acceptors (Lipinski definition) is 5. The van der Waals surface area contributed by atoms with Crippen molar-refractivity contribution < 1.29 is 4.92 Å². The molecule has 6 heteroatoms. The highest BCUT2D eigenvalue weighted by atomic mass is 16.6. The first-order chi connectivity index (χ1) is 7.54. The third kappa shape index (κ3) is 3.09. The van der Waals surface area contributed by atoms with Gasteiger partial charge in [-0.1, -0.05) is 6.92 Å². The topological polar surface area (TPSA) is 107 Å². The van der Waals surface area contributed by atoms with Crippen LogP contribution in [0.1, 0.15) is 13.3 Å². The van der Waals surface area contributed by atoms with Crippen LogP contribution in [-0.2, 0) is 0 Å². The number of nitro groups is 1. The van der Waals surface area contributed by atoms with Gasteiger partial charge >= 0.3 is 0 Å². The summed E-state index contributed by atoms with van der Waals surface area (Å²) in [5.74, 6) is 0. The van der Waals surface area contributed by atoms with Gasteiger partial charge in [0.2, 0.25) is 0 Å². The molecule has 0 spiro atoms. The van der Waals surface area contributed by atoms with Crippen LogP contribution in [0.3, 0.4) is 0 Å². The normalized spacial score (nSPS) is 12.1. The van der Waals surface area contributed by atoms with Gasteiger partial charge < -0.3 is 16.8 Å². The zero-order valence-electron chi connectivity index (χ0n) is 9.14. The number of nitrogens with zero attached hydrogens (tertiary/aromatic N) is 1. The number of benzene rings is 1. The fourth-order valence-electron chi connectivity index (χ4n) is 1.22. The van der Waals surface area contributed by atoms with E-state index in [2.05, 4.69) is 5.32 Å². The lowest BCUT2D eigenvalue weighted by Crippen LogP contribution is -2.28. The molecule has 0 heterocycles. The summed E-state index contributed by atoms with van der Waals surface area (Å²) in [7, 11) is 0. The molecule has 1 unspecified atom stereocenters. The molecule has 5 N–H and O–H groups in total. The Hall–Kier alpha value is -1.82. The smallest absolute Gasteiger partial charge is 0.292 e. The van der Waals surface area contributed by atoms with Crippen LogP contribution in [0.15, 0.2) is 18.2 Å². The number of nitrogens with one attached hydrogen (secondary N) is 1. The maximum Gasteiger partial charge on any atom is 0.292 e. The highest BCUT2D eigenvalue weighted by Crippen LogP contribution is 2.24. The van der Waals surface area contributed by atoms with E-state index in [9.17, 15) is 10.1 Å². The number of rotatable bonds is 5. The molecule has 88 valence electrons. The third-order valence-corrected chi connectivity index (χ3v) is 2.32. The van der Waals surface area contributed by atoms with Gasteiger partial charge in [-0.3, -0.25) is 10.1 Å². The fraction of sp³-hybridized carbons (Fsp3) is 0.400. The van der Waals surface area contributed by atoms with Gasteiger partial charge in [0.05, 0.1) is 4.92 Å². The highest BCUT2D eigenvalue weighted by Gasteiger charge is 2.11. The van der Waals surface area contributed by atoms with E-state index < -0.39 is 4.92 Å². The van der Waals surface area contributed by atoms with Gasteiger partial charge in [-0.05, 0) is 18.6 Å². The van der Waals surface area contributed by atoms with E-state index in [1.54, 1.807) is 12.1 Å². The first kappa shape index (κ1) is 12.3. The Bertz CT molecular complexity index is 381. The molecule has 0 radical (unpaired) electrons. The predicted molar refractivity (Wildman–Crippen MR) is 64.3 cm³/mol. The van der Waals surface area contributed by atoms with Crippen molar-refractivity contribution in [1.82, 2.24) is 0 Å². The first-order valence-electron chi connectivity index (χ1n) is 5.08. The lowest BCUT2D eigenvalue weighted by atomic mass is 10.2. The van der Waals surface area contributed by atoms with E-state index in [-0.39, 0.29) is 17.4 Å². The predicted octanol–water partition coefficient (Wildman–Crippen LogP) is 1.33. The second kappa shape index (κ2) is 5.32. The molecule has 1 aromatic carbocycles. The monoisotopic (exact) mass is 224 g/mol. The van der Waals surface area contributed by atoms with Gasteiger partial charge in [0.1, 0.15) is 5.69 Å². The van der Waals surface area contributed by atoms with Crippen molar-refractivity contribution in [1.29, 1.82) is 0 Å². The summed E-state index contributed by atoms with van der Waals surface area (Å²) in [6.07, 6.45) is 0.870. The average molecular weight is 224 g/mol. The summed E-state index contributed by atoms with van der Waals surface area (Å²) in [4.78, 5) is 10.0. The van der Waals surface area contributed by atoms with E-state index in [1.807, 2.05) is 6.92 Å². The van der Waals surface area contributed by atoms with Crippen molar-refractivity contribution in [2.24, 2.45) is 5.73 Å². The summed E-state index contributed by atoms with van der Waals surface area (Å²) in [5, 5.41) is 13.6. The molecule has 1 aromatic rings. The molecular weight excluding hydrogens is 208 g/mol. The Balaban J connectivity index is 2.70. The minimum absolute atomic E-state index is 0.0661. The molecule has 0 saturated carbocycles. The Labute approximate surface area is 93.8 Å². The summed E-state index contributed by atoms with van der Waals surface area (Å²) >= 11 is 0. The lowest BCUT2D eigenvalue weighted by molar-refractivity contribution is -0.383. The number of hydrogen-bond donors (Lipinski definition) is 3. The molecule has 0 aliphatic rings. The Kier molecular flexibility index (Phi) is 4.07. The molecular formula is C10H16N4O2. The van der Waals surface area contributed by atoms with Crippen LogP contribution < -0.4 is 16.8 Å². The van der Waals surface area contributed by atoms with Gasteiger partial charge in [0.25, 0.3) is 5.69 Å². The Morgan fingerprint density at radius 2 is 2.25 bits per heavy atom. The van der Waals surface area contributed by atoms with Crippen molar-refractivity contribution in [3.8, 4) is 0 Å². The third-order valence-electron chi connectivity index (χ3n) is 2.32. The minimum atomic E-state index is -0.503. The molecule has 0 aromatic heterocycles. The molecule has 0 amide bonds. The van der Waals surface area contributed by atoms with Crippen molar-refractivity contribution >= 4 is 17.1 Å². The van der Waals surface area contributed by atoms with Crippen LogP contribution in [0.25, 0.3) is 0 Å². The number of nitro benzene ring substituents is 1. The van der Waals surface area contributed by atoms with Crippen LogP contribution in [0, 0.1) is 10.1 Å². The molecule has 16 heavy (non-hydrogen) atoms. The van der Waals surface area contributed by atoms with Crippen LogP contribution in [-0.4, -0.2) is 17.5 Å². The van der Waals surface area contributed by atoms with E-state index in [0.29, 0.717) is 6.54 Å². The second-order valence-corrected chi connectivity index (χ2v) is 3.58. The fourth-order valence-corrected chi connectivity index (χ4v) is 1.22. The van der Waals surface area contributed by atoms with Crippen molar-refractivity contribution in [2.75, 3.05) is 17.6 Å². The maximum atomic E-state index is 10.5. The average Bonchev–Trinajstić information content (AvgIpc) is 2.25. The van der Waals surface area contributed by atoms with Gasteiger partial charge in [-0.2, -0.15) is 0 Å². The van der Waals surface area contributed by atoms with Crippen LogP contribution in [0.2, 0.25) is 0 Å². The van der Waals surface area contributed by atoms with E-state index in [0.717, 1.165) is 12.1 Å². The molecule has 6 nitrogen and oxygen atoms in total. The SMILES string of the molecule is CCC(N)CNc1ccc([N+](=O)[O-])c(N)c1. The highest BCUT2D eigenvalue weighted by molar-refractivity contribution is 5.65. The van der Waals surface area contributed by atoms with Gasteiger partial charge in [-0.15, -0.1) is 0 Å². The molecule has 1 rings (SSSR count). The summed E-state index contributed by atoms with van der Waals surface area (Å²) in [5.41, 5.74) is 12.1. The maximum absolute atomic E-state index is 10.5. The Morgan fingerprint density at radius 3 is 2.75 bits per heavy atom. The van der Waals surface area contributed by atoms with E-state index in [1.165, 1.54) is 6.07 Å². The molecule has 0 bridgehead atoms. The summed E-state index contributed by atoms with van der Waals surface area (Å²) < 4.78 is 0. The largest absolute Gasteiger partial charge is 0.393 e. The zero-order chi connectivity index (χ0) is 12.1. The molecule has 0 fully saturated rings. The minimum Gasteiger partial charge on any atom is -0.393 e. The summed E-state index contributed by atoms with van der Waals surface area (Å²) in [6, 6.07) is 4.61. The Morgan fingerprint density at radius 1 is 1.56 bits per heavy atom. The van der Waals surface area contributed by atoms with Crippen LogP contribution in [0.4, 0.5) is 17.1 Å². The van der Waals surface area contributed by atoms with Crippen molar-refractivity contribution in [3.63, 3.8) is 0 Å². The summed E-state index contributed by atoms with van der Waals surface area (Å²) in [6.45, 7) is 2.62. The van der Waals surface area contributed by atoms with Crippen molar-refractivity contribution in [3.05, 3.63) is 28.3 Å². The quantitative estimate of drug-likeness (QED) is 0.397. The molecule has 0 aliphatic carbocycles.